The zero-order chi connectivity index (χ0) is 13.5. The van der Waals surface area contributed by atoms with Gasteiger partial charge in [-0.25, -0.2) is 0 Å². The number of hydrogen-bond acceptors (Lipinski definition) is 5. The third-order valence-electron chi connectivity index (χ3n) is 2.59. The number of carboxylic acid groups (broad SMARTS) is 1. The van der Waals surface area contributed by atoms with E-state index < -0.39 is 5.97 Å². The van der Waals surface area contributed by atoms with Crippen LogP contribution in [0, 0.1) is 0 Å². The second kappa shape index (κ2) is 7.05. The van der Waals surface area contributed by atoms with Gasteiger partial charge in [-0.05, 0) is 12.8 Å². The first-order chi connectivity index (χ1) is 8.56. The van der Waals surface area contributed by atoms with Crippen LogP contribution in [0.2, 0.25) is 0 Å². The lowest BCUT2D eigenvalue weighted by Gasteiger charge is -2.05. The van der Waals surface area contributed by atoms with Crippen molar-refractivity contribution in [1.82, 2.24) is 10.2 Å². The molecule has 0 bridgehead atoms. The Kier molecular flexibility index (Phi) is 5.70. The van der Waals surface area contributed by atoms with E-state index in [1.807, 2.05) is 0 Å². The van der Waals surface area contributed by atoms with Crippen LogP contribution in [0.15, 0.2) is 0 Å². The summed E-state index contributed by atoms with van der Waals surface area (Å²) in [6.07, 6.45) is 1.75. The molecule has 6 nitrogen and oxygen atoms in total. The minimum absolute atomic E-state index is 0.0464. The lowest BCUT2D eigenvalue weighted by atomic mass is 10.1. The molecule has 1 amide bonds. The molecule has 0 saturated heterocycles. The maximum Gasteiger partial charge on any atom is 0.303 e. The monoisotopic (exact) mass is 271 g/mol. The predicted octanol–water partition coefficient (Wildman–Crippen LogP) is 2.24. The Balaban J connectivity index is 2.53. The molecule has 1 aromatic heterocycles. The van der Waals surface area contributed by atoms with E-state index in [0.717, 1.165) is 17.8 Å². The van der Waals surface area contributed by atoms with Gasteiger partial charge < -0.3 is 10.4 Å². The molecule has 0 radical (unpaired) electrons. The Bertz CT molecular complexity index is 415. The predicted molar refractivity (Wildman–Crippen MR) is 68.7 cm³/mol. The van der Waals surface area contributed by atoms with Gasteiger partial charge in [-0.2, -0.15) is 0 Å². The molecule has 0 saturated carbocycles. The molecule has 1 heterocycles. The smallest absolute Gasteiger partial charge is 0.303 e. The van der Waals surface area contributed by atoms with Crippen molar-refractivity contribution in [2.75, 3.05) is 5.32 Å². The highest BCUT2D eigenvalue weighted by molar-refractivity contribution is 7.15. The van der Waals surface area contributed by atoms with Gasteiger partial charge in [0.2, 0.25) is 11.0 Å². The number of anilines is 1. The fraction of sp³-hybridized carbons (Fsp3) is 0.636. The summed E-state index contributed by atoms with van der Waals surface area (Å²) in [6, 6.07) is 0. The fourth-order valence-electron chi connectivity index (χ4n) is 1.49. The first kappa shape index (κ1) is 14.6. The highest BCUT2D eigenvalue weighted by Gasteiger charge is 2.14. The van der Waals surface area contributed by atoms with Crippen LogP contribution in [-0.4, -0.2) is 27.2 Å². The Hall–Kier alpha value is -1.50. The van der Waals surface area contributed by atoms with Crippen molar-refractivity contribution in [1.29, 1.82) is 0 Å². The topological polar surface area (TPSA) is 92.2 Å². The van der Waals surface area contributed by atoms with E-state index in [0.29, 0.717) is 11.0 Å². The van der Waals surface area contributed by atoms with Crippen molar-refractivity contribution in [3.05, 3.63) is 5.01 Å². The van der Waals surface area contributed by atoms with Crippen molar-refractivity contribution in [2.45, 2.75) is 45.4 Å². The van der Waals surface area contributed by atoms with Gasteiger partial charge in [0.15, 0.2) is 0 Å². The van der Waals surface area contributed by atoms with Gasteiger partial charge in [-0.1, -0.05) is 25.2 Å². The van der Waals surface area contributed by atoms with Crippen molar-refractivity contribution >= 4 is 28.3 Å². The number of rotatable bonds is 7. The van der Waals surface area contributed by atoms with Crippen molar-refractivity contribution < 1.29 is 14.7 Å². The van der Waals surface area contributed by atoms with Crippen LogP contribution >= 0.6 is 11.3 Å². The molecule has 0 aliphatic rings. The quantitative estimate of drug-likeness (QED) is 0.793. The molecule has 2 N–H and O–H groups in total. The number of nitrogens with zero attached hydrogens (tertiary/aromatic N) is 2. The normalized spacial score (nSPS) is 10.6. The summed E-state index contributed by atoms with van der Waals surface area (Å²) in [6.45, 7) is 4.17. The number of carboxylic acids is 1. The van der Waals surface area contributed by atoms with E-state index in [9.17, 15) is 9.59 Å². The van der Waals surface area contributed by atoms with Gasteiger partial charge in [-0.15, -0.1) is 10.2 Å². The van der Waals surface area contributed by atoms with E-state index in [4.69, 9.17) is 5.11 Å². The first-order valence-corrected chi connectivity index (χ1v) is 6.73. The highest BCUT2D eigenvalue weighted by Crippen LogP contribution is 2.27. The van der Waals surface area contributed by atoms with Gasteiger partial charge in [0.05, 0.1) is 6.42 Å². The lowest BCUT2D eigenvalue weighted by Crippen LogP contribution is -2.12. The van der Waals surface area contributed by atoms with Gasteiger partial charge in [-0.3, -0.25) is 9.59 Å². The van der Waals surface area contributed by atoms with Gasteiger partial charge in [0.1, 0.15) is 5.01 Å². The summed E-state index contributed by atoms with van der Waals surface area (Å²) < 4.78 is 0. The number of carbonyl (C=O) groups is 2. The number of amides is 1. The van der Waals surface area contributed by atoms with Crippen LogP contribution in [-0.2, 0) is 9.59 Å². The number of hydrogen-bond donors (Lipinski definition) is 2. The highest BCUT2D eigenvalue weighted by atomic mass is 32.1. The van der Waals surface area contributed by atoms with Gasteiger partial charge in [0, 0.05) is 12.3 Å². The average molecular weight is 271 g/mol. The lowest BCUT2D eigenvalue weighted by molar-refractivity contribution is -0.138. The Morgan fingerprint density at radius 2 is 1.94 bits per heavy atom. The summed E-state index contributed by atoms with van der Waals surface area (Å²) in [5.41, 5.74) is 0. The maximum atomic E-state index is 11.4. The summed E-state index contributed by atoms with van der Waals surface area (Å²) in [5.74, 6) is -0.961. The van der Waals surface area contributed by atoms with Crippen molar-refractivity contribution in [2.24, 2.45) is 0 Å². The summed E-state index contributed by atoms with van der Waals surface area (Å²) >= 11 is 1.35. The summed E-state index contributed by atoms with van der Waals surface area (Å²) in [4.78, 5) is 21.7. The van der Waals surface area contributed by atoms with Crippen molar-refractivity contribution in [3.63, 3.8) is 0 Å². The number of aliphatic carboxylic acids is 1. The Labute approximate surface area is 109 Å². The van der Waals surface area contributed by atoms with Crippen LogP contribution in [0.5, 0.6) is 0 Å². The first-order valence-electron chi connectivity index (χ1n) is 5.91. The Morgan fingerprint density at radius 3 is 2.50 bits per heavy atom. The molecule has 1 aromatic rings. The van der Waals surface area contributed by atoms with Crippen LogP contribution in [0.3, 0.4) is 0 Å². The summed E-state index contributed by atoms with van der Waals surface area (Å²) in [7, 11) is 0. The van der Waals surface area contributed by atoms with E-state index in [1.54, 1.807) is 0 Å². The molecule has 0 aromatic carbocycles. The number of carbonyl (C=O) groups excluding carboxylic acids is 1. The minimum Gasteiger partial charge on any atom is -0.481 e. The Morgan fingerprint density at radius 1 is 1.28 bits per heavy atom. The van der Waals surface area contributed by atoms with Crippen LogP contribution in [0.25, 0.3) is 0 Å². The SMILES string of the molecule is CCC(CC)c1nnc(NC(=O)CCC(=O)O)s1. The minimum atomic E-state index is -0.986. The molecular formula is C11H17N3O3S. The van der Waals surface area contributed by atoms with E-state index >= 15 is 0 Å². The fourth-order valence-corrected chi connectivity index (χ4v) is 2.52. The molecule has 0 aliphatic heterocycles. The molecule has 0 aliphatic carbocycles. The van der Waals surface area contributed by atoms with Crippen LogP contribution in [0.1, 0.15) is 50.5 Å². The third kappa shape index (κ3) is 4.40. The van der Waals surface area contributed by atoms with E-state index in [1.165, 1.54) is 11.3 Å². The largest absolute Gasteiger partial charge is 0.481 e. The molecule has 0 atom stereocenters. The molecule has 7 heteroatoms. The molecular weight excluding hydrogens is 254 g/mol. The average Bonchev–Trinajstić information content (AvgIpc) is 2.76. The van der Waals surface area contributed by atoms with Crippen molar-refractivity contribution in [3.8, 4) is 0 Å². The maximum absolute atomic E-state index is 11.4. The molecule has 18 heavy (non-hydrogen) atoms. The third-order valence-corrected chi connectivity index (χ3v) is 3.59. The molecule has 100 valence electrons. The second-order valence-electron chi connectivity index (χ2n) is 3.90. The number of nitrogens with one attached hydrogen (secondary N) is 1. The molecule has 1 rings (SSSR count). The van der Waals surface area contributed by atoms with Crippen LogP contribution in [0.4, 0.5) is 5.13 Å². The second-order valence-corrected chi connectivity index (χ2v) is 4.91. The van der Waals surface area contributed by atoms with Gasteiger partial charge >= 0.3 is 5.97 Å². The molecule has 0 fully saturated rings. The standard InChI is InChI=1S/C11H17N3O3S/c1-3-7(4-2)10-13-14-11(18-10)12-8(15)5-6-9(16)17/h7H,3-6H2,1-2H3,(H,16,17)(H,12,14,15). The molecule has 0 unspecified atom stereocenters. The van der Waals surface area contributed by atoms with Crippen LogP contribution < -0.4 is 5.32 Å². The molecule has 0 spiro atoms. The van der Waals surface area contributed by atoms with Gasteiger partial charge in [0.25, 0.3) is 0 Å². The number of aromatic nitrogens is 2. The zero-order valence-electron chi connectivity index (χ0n) is 10.5. The van der Waals surface area contributed by atoms with E-state index in [-0.39, 0.29) is 18.7 Å². The van der Waals surface area contributed by atoms with E-state index in [2.05, 4.69) is 29.4 Å². The summed E-state index contributed by atoms with van der Waals surface area (Å²) in [5, 5.41) is 20.3. The zero-order valence-corrected chi connectivity index (χ0v) is 11.3.